The van der Waals surface area contributed by atoms with E-state index in [-0.39, 0.29) is 73.2 Å². The highest BCUT2D eigenvalue weighted by molar-refractivity contribution is 6.07. The summed E-state index contributed by atoms with van der Waals surface area (Å²) >= 11 is 0. The van der Waals surface area contributed by atoms with Gasteiger partial charge >= 0.3 is 5.97 Å². The van der Waals surface area contributed by atoms with E-state index in [0.29, 0.717) is 32.7 Å². The number of hydrogen-bond acceptors (Lipinski definition) is 26. The molecule has 416 valence electrons. The minimum Gasteiger partial charge on any atom is -0.549 e. The third-order valence-electron chi connectivity index (χ3n) is 11.4. The number of furan rings is 2. The largest absolute Gasteiger partial charge is 0.549 e. The Labute approximate surface area is 438 Å². The van der Waals surface area contributed by atoms with Crippen LogP contribution in [0.25, 0.3) is 43.9 Å². The Morgan fingerprint density at radius 2 is 0.962 bits per heavy atom. The quantitative estimate of drug-likeness (QED) is 0.0236. The summed E-state index contributed by atoms with van der Waals surface area (Å²) in [6.45, 7) is -5.97. The number of carbonyl (C=O) groups is 8. The lowest BCUT2D eigenvalue weighted by Crippen LogP contribution is -2.51. The van der Waals surface area contributed by atoms with Crippen molar-refractivity contribution in [1.29, 1.82) is 0 Å². The lowest BCUT2D eigenvalue weighted by Gasteiger charge is -2.36. The zero-order valence-corrected chi connectivity index (χ0v) is 41.1. The molecule has 0 saturated carbocycles. The van der Waals surface area contributed by atoms with Crippen LogP contribution in [0.15, 0.2) is 81.6 Å². The van der Waals surface area contributed by atoms with Crippen LogP contribution in [0.2, 0.25) is 0 Å². The number of carbonyl (C=O) groups excluding carboxylic acids is 7. The fourth-order valence-electron chi connectivity index (χ4n) is 8.50. The molecule has 0 fully saturated rings. The van der Waals surface area contributed by atoms with E-state index in [1.54, 1.807) is 54.6 Å². The molecule has 0 spiro atoms. The zero-order chi connectivity index (χ0) is 57.4. The predicted molar refractivity (Wildman–Crippen MR) is 252 cm³/mol. The molecule has 2 aromatic heterocycles. The van der Waals surface area contributed by atoms with Gasteiger partial charge in [-0.15, -0.1) is 0 Å². The molecule has 6 aromatic rings. The number of fused-ring (bicyclic) bond motifs is 6. The van der Waals surface area contributed by atoms with Crippen LogP contribution in [0.5, 0.6) is 0 Å². The van der Waals surface area contributed by atoms with Gasteiger partial charge in [-0.1, -0.05) is 36.4 Å². The minimum atomic E-state index is -1.75. The summed E-state index contributed by atoms with van der Waals surface area (Å²) in [5.41, 5.74) is 0.230. The van der Waals surface area contributed by atoms with Crippen LogP contribution in [0.1, 0.15) is 30.2 Å². The molecule has 0 aliphatic heterocycles. The van der Waals surface area contributed by atoms with Crippen molar-refractivity contribution in [2.45, 2.75) is 19.1 Å². The Kier molecular flexibility index (Phi) is 21.3. The molecule has 0 bridgehead atoms. The van der Waals surface area contributed by atoms with E-state index < -0.39 is 122 Å². The molecule has 4 aromatic carbocycles. The van der Waals surface area contributed by atoms with Crippen molar-refractivity contribution >= 4 is 103 Å². The number of Topliss-reactive ketones (excluding diaryl/α,β-unsaturated/α-hetero) is 1. The van der Waals surface area contributed by atoms with Gasteiger partial charge in [0.2, 0.25) is 0 Å². The second-order valence-corrected chi connectivity index (χ2v) is 17.3. The summed E-state index contributed by atoms with van der Waals surface area (Å²) in [4.78, 5) is 117. The summed E-state index contributed by atoms with van der Waals surface area (Å²) in [6.07, 6.45) is -1.09. The summed E-state index contributed by atoms with van der Waals surface area (Å²) in [6, 6.07) is 17.3. The first kappa shape index (κ1) is 59.9. The van der Waals surface area contributed by atoms with Crippen LogP contribution in [0.3, 0.4) is 0 Å². The molecule has 0 amide bonds. The van der Waals surface area contributed by atoms with Crippen molar-refractivity contribution in [3.63, 3.8) is 0 Å². The lowest BCUT2D eigenvalue weighted by molar-refractivity contribution is -0.386. The molecule has 78 heavy (non-hydrogen) atoms. The first-order valence-electron chi connectivity index (χ1n) is 23.1. The number of ether oxygens (including phenoxy) is 2. The van der Waals surface area contributed by atoms with Crippen molar-refractivity contribution in [3.05, 3.63) is 104 Å². The standard InChI is InChI=1S/C27H31N3O12.C22H21N3O11/c1-17(31)12-29(16-27(36)37)13-24(41-9-8-40-7-6-28(14-25(32)33)15-26(34)35)20-10-19-18-4-2-3-5-22(18)42-23(19)11-21(20)30(38)39;26-19(27)8-23(9-20(28)29)7-16(24(10-21(30)31)11-22(32)33)14-5-13-12-3-1-2-4-17(12)36-18(13)6-15(14)25(34)35/h2-5,10-11,24H,6-9,12-16H2,1H3,(H,32,33)(H,34,35)(H,36,37);1-6,16H,7-11H2,(H,26,27)(H,28,29)(H,30,31)(H,32,33)/p-6. The van der Waals surface area contributed by atoms with E-state index in [4.69, 9.17) is 23.4 Å². The Bertz CT molecular complexity index is 3160. The van der Waals surface area contributed by atoms with E-state index >= 15 is 0 Å². The molecule has 2 atom stereocenters. The van der Waals surface area contributed by atoms with E-state index in [1.165, 1.54) is 24.0 Å². The average molecular weight is 1090 g/mol. The Hall–Kier alpha value is -9.00. The van der Waals surface area contributed by atoms with Gasteiger partial charge in [0.15, 0.2) is 0 Å². The fourth-order valence-corrected chi connectivity index (χ4v) is 8.50. The number of rotatable bonds is 32. The molecule has 0 aliphatic rings. The maximum Gasteiger partial charge on any atom is 0.317 e. The molecule has 2 unspecified atom stereocenters. The Morgan fingerprint density at radius 3 is 1.41 bits per heavy atom. The molecule has 0 radical (unpaired) electrons. The third-order valence-corrected chi connectivity index (χ3v) is 11.4. The van der Waals surface area contributed by atoms with Gasteiger partial charge in [0.25, 0.3) is 11.4 Å². The van der Waals surface area contributed by atoms with Gasteiger partial charge in [0, 0.05) is 86.0 Å². The fraction of sp³-hybridized carbons (Fsp3) is 0.347. The monoisotopic (exact) mass is 1090 g/mol. The lowest BCUT2D eigenvalue weighted by atomic mass is 9.98. The van der Waals surface area contributed by atoms with Crippen molar-refractivity contribution in [3.8, 4) is 0 Å². The Morgan fingerprint density at radius 1 is 0.526 bits per heavy atom. The zero-order valence-electron chi connectivity index (χ0n) is 41.1. The predicted octanol–water partition coefficient (Wildman–Crippen LogP) is -4.52. The topological polar surface area (TPSA) is 439 Å². The molecule has 6 rings (SSSR count). The van der Waals surface area contributed by atoms with E-state index in [9.17, 15) is 89.2 Å². The van der Waals surface area contributed by atoms with Crippen LogP contribution in [-0.2, 0) is 47.8 Å². The SMILES string of the molecule is CC(=O)CN(CC(=O)[O-])CC(OCCOCCN(CC(=O)[O-])CC(=O)O)c1cc2c(cc1[N+](=O)[O-])oc1ccccc12.O=C([O-])CN(CC(=O)[O-])CC(c1cc2c(cc1[N+](=O)[O-])oc1ccccc12)N(CC(=O)[O-])CC(=O)[O-]. The van der Waals surface area contributed by atoms with Crippen LogP contribution in [-0.4, -0.2) is 174 Å². The summed E-state index contributed by atoms with van der Waals surface area (Å²) in [5, 5.41) is 103. The highest BCUT2D eigenvalue weighted by Crippen LogP contribution is 2.39. The van der Waals surface area contributed by atoms with Gasteiger partial charge in [0.05, 0.1) is 102 Å². The van der Waals surface area contributed by atoms with Gasteiger partial charge in [-0.25, -0.2) is 0 Å². The first-order chi connectivity index (χ1) is 36.9. The van der Waals surface area contributed by atoms with Crippen LogP contribution in [0, 0.1) is 20.2 Å². The van der Waals surface area contributed by atoms with Crippen molar-refractivity contribution in [1.82, 2.24) is 19.6 Å². The third kappa shape index (κ3) is 17.3. The van der Waals surface area contributed by atoms with Gasteiger partial charge in [0.1, 0.15) is 34.2 Å². The van der Waals surface area contributed by atoms with E-state index in [0.717, 1.165) is 20.8 Å². The minimum absolute atomic E-state index is 0.0303. The normalized spacial score (nSPS) is 12.3. The number of ketones is 1. The van der Waals surface area contributed by atoms with E-state index in [2.05, 4.69) is 0 Å². The maximum atomic E-state index is 12.1. The first-order valence-corrected chi connectivity index (χ1v) is 23.1. The average Bonchev–Trinajstić information content (AvgIpc) is 4.02. The van der Waals surface area contributed by atoms with Gasteiger partial charge < -0.3 is 82.8 Å². The number of carboxylic acids is 7. The summed E-state index contributed by atoms with van der Waals surface area (Å²) in [5.74, 6) is -11.4. The number of nitro groups is 2. The van der Waals surface area contributed by atoms with Gasteiger partial charge in [-0.2, -0.15) is 0 Å². The maximum absolute atomic E-state index is 12.1. The Balaban J connectivity index is 0.000000291. The van der Waals surface area contributed by atoms with Crippen molar-refractivity contribution < 1.29 is 102 Å². The molecule has 0 saturated heterocycles. The summed E-state index contributed by atoms with van der Waals surface area (Å²) < 4.78 is 22.8. The smallest absolute Gasteiger partial charge is 0.317 e. The number of nitrogens with zero attached hydrogens (tertiary/aromatic N) is 6. The number of para-hydroxylation sites is 2. The summed E-state index contributed by atoms with van der Waals surface area (Å²) in [7, 11) is 0. The highest BCUT2D eigenvalue weighted by Gasteiger charge is 2.32. The number of hydrogen-bond donors (Lipinski definition) is 1. The molecule has 29 heteroatoms. The molecule has 1 N–H and O–H groups in total. The molecular formula is C49H46N6O23-6. The van der Waals surface area contributed by atoms with Crippen LogP contribution >= 0.6 is 0 Å². The van der Waals surface area contributed by atoms with Gasteiger partial charge in [-0.3, -0.25) is 49.4 Å². The molecule has 0 aliphatic carbocycles. The second-order valence-electron chi connectivity index (χ2n) is 17.3. The second kappa shape index (κ2) is 27.7. The molecule has 2 heterocycles. The number of benzene rings is 4. The van der Waals surface area contributed by atoms with Crippen LogP contribution in [0.4, 0.5) is 11.4 Å². The van der Waals surface area contributed by atoms with Crippen molar-refractivity contribution in [2.75, 3.05) is 91.8 Å². The van der Waals surface area contributed by atoms with E-state index in [1.807, 2.05) is 0 Å². The highest BCUT2D eigenvalue weighted by atomic mass is 16.6. The number of nitro benzene ring substituents is 2. The van der Waals surface area contributed by atoms with Gasteiger partial charge in [-0.05, 0) is 31.2 Å². The van der Waals surface area contributed by atoms with Crippen LogP contribution < -0.4 is 30.6 Å². The molecular weight excluding hydrogens is 1040 g/mol. The number of carboxylic acid groups (broad SMARTS) is 7. The van der Waals surface area contributed by atoms with Crippen molar-refractivity contribution in [2.24, 2.45) is 0 Å². The molecule has 29 nitrogen and oxygen atoms in total. The number of aliphatic carboxylic acids is 7.